The van der Waals surface area contributed by atoms with Gasteiger partial charge in [-0.1, -0.05) is 0 Å². The van der Waals surface area contributed by atoms with Crippen LogP contribution in [0.15, 0.2) is 12.3 Å². The predicted octanol–water partition coefficient (Wildman–Crippen LogP) is 1.44. The molecule has 0 aliphatic carbocycles. The van der Waals surface area contributed by atoms with Crippen LogP contribution in [0.2, 0.25) is 0 Å². The second-order valence-electron chi connectivity index (χ2n) is 2.10. The summed E-state index contributed by atoms with van der Waals surface area (Å²) in [5.41, 5.74) is 0. The maximum absolute atomic E-state index is 5.49. The number of nitrogens with one attached hydrogen (secondary N) is 1. The fraction of sp³-hybridized carbons (Fsp3) is 0.429. The molecule has 0 saturated heterocycles. The van der Waals surface area contributed by atoms with Crippen LogP contribution in [-0.4, -0.2) is 22.4 Å². The Balaban J connectivity index is 2.56. The number of alkyl halides is 1. The van der Waals surface area contributed by atoms with E-state index in [0.717, 1.165) is 18.2 Å². The van der Waals surface area contributed by atoms with E-state index in [0.29, 0.717) is 5.88 Å². The van der Waals surface area contributed by atoms with E-state index < -0.39 is 0 Å². The van der Waals surface area contributed by atoms with Gasteiger partial charge in [-0.05, 0) is 13.0 Å². The van der Waals surface area contributed by atoms with Crippen molar-refractivity contribution in [3.05, 3.63) is 18.1 Å². The maximum atomic E-state index is 5.49. The highest BCUT2D eigenvalue weighted by Gasteiger charge is 1.91. The van der Waals surface area contributed by atoms with Crippen molar-refractivity contribution < 1.29 is 0 Å². The third-order valence-electron chi connectivity index (χ3n) is 1.18. The minimum Gasteiger partial charge on any atom is -0.369 e. The van der Waals surface area contributed by atoms with Crippen LogP contribution in [0.3, 0.4) is 0 Å². The quantitative estimate of drug-likeness (QED) is 0.700. The summed E-state index contributed by atoms with van der Waals surface area (Å²) in [5, 5.41) is 3.05. The minimum atomic E-state index is 0.586. The fourth-order valence-electron chi connectivity index (χ4n) is 0.730. The molecule has 1 heterocycles. The summed E-state index contributed by atoms with van der Waals surface area (Å²) in [6.07, 6.45) is 1.72. The van der Waals surface area contributed by atoms with Crippen LogP contribution < -0.4 is 5.32 Å². The zero-order valence-electron chi connectivity index (χ0n) is 6.34. The van der Waals surface area contributed by atoms with Gasteiger partial charge in [-0.3, -0.25) is 0 Å². The second kappa shape index (κ2) is 4.13. The summed E-state index contributed by atoms with van der Waals surface area (Å²) in [7, 11) is 0. The SMILES string of the molecule is Cc1nccc(NCCCl)n1. The molecule has 0 aliphatic rings. The van der Waals surface area contributed by atoms with Crippen LogP contribution in [0.5, 0.6) is 0 Å². The number of hydrogen-bond donors (Lipinski definition) is 1. The minimum absolute atomic E-state index is 0.586. The third-order valence-corrected chi connectivity index (χ3v) is 1.37. The van der Waals surface area contributed by atoms with E-state index in [9.17, 15) is 0 Å². The van der Waals surface area contributed by atoms with Crippen LogP contribution in [0.1, 0.15) is 5.82 Å². The first kappa shape index (κ1) is 8.27. The molecule has 0 aliphatic heterocycles. The Morgan fingerprint density at radius 3 is 3.09 bits per heavy atom. The van der Waals surface area contributed by atoms with Crippen LogP contribution in [0.25, 0.3) is 0 Å². The molecule has 60 valence electrons. The molecule has 0 fully saturated rings. The summed E-state index contributed by atoms with van der Waals surface area (Å²) in [5.74, 6) is 2.19. The molecule has 3 nitrogen and oxygen atoms in total. The maximum Gasteiger partial charge on any atom is 0.129 e. The van der Waals surface area contributed by atoms with Crippen molar-refractivity contribution in [3.63, 3.8) is 0 Å². The summed E-state index contributed by atoms with van der Waals surface area (Å²) in [4.78, 5) is 8.09. The number of hydrogen-bond acceptors (Lipinski definition) is 3. The van der Waals surface area contributed by atoms with Crippen LogP contribution in [0, 0.1) is 6.92 Å². The predicted molar refractivity (Wildman–Crippen MR) is 46.0 cm³/mol. The standard InChI is InChI=1S/C7H10ClN3/c1-6-9-4-2-7(11-6)10-5-3-8/h2,4H,3,5H2,1H3,(H,9,10,11). The topological polar surface area (TPSA) is 37.8 Å². The lowest BCUT2D eigenvalue weighted by atomic mass is 10.5. The lowest BCUT2D eigenvalue weighted by Crippen LogP contribution is -2.04. The van der Waals surface area contributed by atoms with Gasteiger partial charge in [0.2, 0.25) is 0 Å². The molecule has 0 saturated carbocycles. The molecule has 0 spiro atoms. The number of aromatic nitrogens is 2. The number of rotatable bonds is 3. The molecule has 4 heteroatoms. The fourth-order valence-corrected chi connectivity index (χ4v) is 0.824. The van der Waals surface area contributed by atoms with Crippen molar-refractivity contribution in [1.29, 1.82) is 0 Å². The lowest BCUT2D eigenvalue weighted by Gasteiger charge is -2.01. The van der Waals surface area contributed by atoms with E-state index in [1.807, 2.05) is 13.0 Å². The van der Waals surface area contributed by atoms with Crippen molar-refractivity contribution in [1.82, 2.24) is 9.97 Å². The molecule has 0 unspecified atom stereocenters. The lowest BCUT2D eigenvalue weighted by molar-refractivity contribution is 1.04. The second-order valence-corrected chi connectivity index (χ2v) is 2.48. The Labute approximate surface area is 70.8 Å². The van der Waals surface area contributed by atoms with E-state index >= 15 is 0 Å². The van der Waals surface area contributed by atoms with Gasteiger partial charge < -0.3 is 5.32 Å². The van der Waals surface area contributed by atoms with E-state index in [1.54, 1.807) is 6.20 Å². The zero-order valence-corrected chi connectivity index (χ0v) is 7.10. The average Bonchev–Trinajstić information content (AvgIpc) is 2.01. The molecule has 1 aromatic heterocycles. The first-order valence-electron chi connectivity index (χ1n) is 3.42. The molecule has 0 radical (unpaired) electrons. The highest BCUT2D eigenvalue weighted by atomic mass is 35.5. The Bertz CT molecular complexity index is 227. The first-order valence-corrected chi connectivity index (χ1v) is 3.96. The first-order chi connectivity index (χ1) is 5.33. The van der Waals surface area contributed by atoms with Crippen molar-refractivity contribution in [2.45, 2.75) is 6.92 Å². The summed E-state index contributed by atoms with van der Waals surface area (Å²) < 4.78 is 0. The largest absolute Gasteiger partial charge is 0.369 e. The van der Waals surface area contributed by atoms with Crippen molar-refractivity contribution in [3.8, 4) is 0 Å². The molecule has 1 aromatic rings. The Kier molecular flexibility index (Phi) is 3.11. The van der Waals surface area contributed by atoms with Gasteiger partial charge >= 0.3 is 0 Å². The molecule has 0 amide bonds. The van der Waals surface area contributed by atoms with Crippen molar-refractivity contribution in [2.24, 2.45) is 0 Å². The number of anilines is 1. The average molecular weight is 172 g/mol. The molecule has 0 bridgehead atoms. The molecule has 1 rings (SSSR count). The van der Waals surface area contributed by atoms with Crippen molar-refractivity contribution in [2.75, 3.05) is 17.7 Å². The summed E-state index contributed by atoms with van der Waals surface area (Å²) in [6.45, 7) is 2.59. The molecule has 1 N–H and O–H groups in total. The van der Waals surface area contributed by atoms with E-state index in [4.69, 9.17) is 11.6 Å². The highest BCUT2D eigenvalue weighted by molar-refractivity contribution is 6.18. The molecule has 0 atom stereocenters. The monoisotopic (exact) mass is 171 g/mol. The highest BCUT2D eigenvalue weighted by Crippen LogP contribution is 1.99. The number of halogens is 1. The molecule has 11 heavy (non-hydrogen) atoms. The third kappa shape index (κ3) is 2.72. The van der Waals surface area contributed by atoms with Gasteiger partial charge in [0.15, 0.2) is 0 Å². The normalized spacial score (nSPS) is 9.64. The Hall–Kier alpha value is -0.830. The Morgan fingerprint density at radius 1 is 1.64 bits per heavy atom. The van der Waals surface area contributed by atoms with Gasteiger partial charge in [0, 0.05) is 18.6 Å². The smallest absolute Gasteiger partial charge is 0.129 e. The molecule has 0 aromatic carbocycles. The van der Waals surface area contributed by atoms with Gasteiger partial charge in [-0.15, -0.1) is 11.6 Å². The number of nitrogens with zero attached hydrogens (tertiary/aromatic N) is 2. The van der Waals surface area contributed by atoms with E-state index in [1.165, 1.54) is 0 Å². The molecular formula is C7H10ClN3. The van der Waals surface area contributed by atoms with Crippen molar-refractivity contribution >= 4 is 17.4 Å². The van der Waals surface area contributed by atoms with Crippen LogP contribution in [0.4, 0.5) is 5.82 Å². The Morgan fingerprint density at radius 2 is 2.45 bits per heavy atom. The van der Waals surface area contributed by atoms with Crippen LogP contribution in [-0.2, 0) is 0 Å². The summed E-state index contributed by atoms with van der Waals surface area (Å²) in [6, 6.07) is 1.82. The summed E-state index contributed by atoms with van der Waals surface area (Å²) >= 11 is 5.49. The van der Waals surface area contributed by atoms with Gasteiger partial charge in [0.1, 0.15) is 11.6 Å². The van der Waals surface area contributed by atoms with E-state index in [-0.39, 0.29) is 0 Å². The molecular weight excluding hydrogens is 162 g/mol. The zero-order chi connectivity index (χ0) is 8.10. The van der Waals surface area contributed by atoms with Gasteiger partial charge in [-0.2, -0.15) is 0 Å². The van der Waals surface area contributed by atoms with Gasteiger partial charge in [0.25, 0.3) is 0 Å². The van der Waals surface area contributed by atoms with Gasteiger partial charge in [0.05, 0.1) is 0 Å². The van der Waals surface area contributed by atoms with Gasteiger partial charge in [-0.25, -0.2) is 9.97 Å². The number of aryl methyl sites for hydroxylation is 1. The van der Waals surface area contributed by atoms with Crippen LogP contribution >= 0.6 is 11.6 Å². The van der Waals surface area contributed by atoms with E-state index in [2.05, 4.69) is 15.3 Å².